The van der Waals surface area contributed by atoms with E-state index in [2.05, 4.69) is 24.5 Å². The summed E-state index contributed by atoms with van der Waals surface area (Å²) in [4.78, 5) is 22.6. The van der Waals surface area contributed by atoms with Gasteiger partial charge in [-0.25, -0.2) is 4.79 Å². The van der Waals surface area contributed by atoms with Crippen molar-refractivity contribution in [1.82, 2.24) is 10.6 Å². The molecule has 0 aromatic carbocycles. The average Bonchev–Trinajstić information content (AvgIpc) is 2.59. The molecule has 1 saturated heterocycles. The second-order valence-corrected chi connectivity index (χ2v) is 4.74. The third-order valence-electron chi connectivity index (χ3n) is 3.51. The first-order valence-corrected chi connectivity index (χ1v) is 5.17. The van der Waals surface area contributed by atoms with Crippen LogP contribution in [0.4, 0.5) is 4.79 Å². The van der Waals surface area contributed by atoms with Crippen molar-refractivity contribution in [1.29, 1.82) is 0 Å². The van der Waals surface area contributed by atoms with E-state index in [1.165, 1.54) is 0 Å². The van der Waals surface area contributed by atoms with Crippen LogP contribution in [0.5, 0.6) is 0 Å². The Bertz CT molecular complexity index is 288. The van der Waals surface area contributed by atoms with E-state index in [1.807, 2.05) is 0 Å². The normalized spacial score (nSPS) is 36.6. The molecule has 1 aliphatic carbocycles. The third-order valence-corrected chi connectivity index (χ3v) is 3.51. The van der Waals surface area contributed by atoms with Gasteiger partial charge in [0.25, 0.3) is 5.91 Å². The van der Waals surface area contributed by atoms with Crippen LogP contribution in [0.2, 0.25) is 0 Å². The van der Waals surface area contributed by atoms with Crippen molar-refractivity contribution in [2.24, 2.45) is 11.8 Å². The van der Waals surface area contributed by atoms with Gasteiger partial charge in [-0.2, -0.15) is 0 Å². The first-order chi connectivity index (χ1) is 6.53. The van der Waals surface area contributed by atoms with Crippen molar-refractivity contribution in [3.63, 3.8) is 0 Å². The fourth-order valence-electron chi connectivity index (χ4n) is 2.50. The van der Waals surface area contributed by atoms with E-state index in [0.29, 0.717) is 11.8 Å². The molecule has 0 aromatic rings. The fourth-order valence-corrected chi connectivity index (χ4v) is 2.50. The molecule has 4 heteroatoms. The summed E-state index contributed by atoms with van der Waals surface area (Å²) >= 11 is 0. The molecule has 78 valence electrons. The van der Waals surface area contributed by atoms with Crippen LogP contribution < -0.4 is 10.6 Å². The molecule has 2 atom stereocenters. The Hall–Kier alpha value is -1.06. The van der Waals surface area contributed by atoms with Gasteiger partial charge in [-0.05, 0) is 31.1 Å². The maximum atomic E-state index is 11.6. The van der Waals surface area contributed by atoms with E-state index in [-0.39, 0.29) is 11.9 Å². The summed E-state index contributed by atoms with van der Waals surface area (Å²) in [6.45, 7) is 4.33. The van der Waals surface area contributed by atoms with Crippen molar-refractivity contribution < 1.29 is 9.59 Å². The molecule has 0 unspecified atom stereocenters. The lowest BCUT2D eigenvalue weighted by atomic mass is 9.90. The Morgan fingerprint density at radius 2 is 2.14 bits per heavy atom. The van der Waals surface area contributed by atoms with Gasteiger partial charge in [-0.15, -0.1) is 0 Å². The number of rotatable bonds is 1. The molecule has 2 N–H and O–H groups in total. The summed E-state index contributed by atoms with van der Waals surface area (Å²) in [5, 5.41) is 5.08. The topological polar surface area (TPSA) is 58.2 Å². The highest BCUT2D eigenvalue weighted by molar-refractivity contribution is 6.07. The van der Waals surface area contributed by atoms with Crippen molar-refractivity contribution in [2.45, 2.75) is 38.6 Å². The van der Waals surface area contributed by atoms with Gasteiger partial charge >= 0.3 is 6.03 Å². The quantitative estimate of drug-likeness (QED) is 0.615. The zero-order chi connectivity index (χ0) is 10.3. The maximum absolute atomic E-state index is 11.6. The fraction of sp³-hybridized carbons (Fsp3) is 0.800. The molecule has 0 radical (unpaired) electrons. The third kappa shape index (κ3) is 1.29. The molecule has 4 nitrogen and oxygen atoms in total. The van der Waals surface area contributed by atoms with Crippen LogP contribution >= 0.6 is 0 Å². The van der Waals surface area contributed by atoms with Gasteiger partial charge in [0.15, 0.2) is 0 Å². The second-order valence-electron chi connectivity index (χ2n) is 4.74. The highest BCUT2D eigenvalue weighted by atomic mass is 16.2. The van der Waals surface area contributed by atoms with Gasteiger partial charge in [0.1, 0.15) is 5.54 Å². The SMILES string of the molecule is CC(C)[C@@H]1CC[C@@]2(C1)NC(=O)NC2=O. The van der Waals surface area contributed by atoms with Crippen LogP contribution in [0.3, 0.4) is 0 Å². The van der Waals surface area contributed by atoms with E-state index in [1.54, 1.807) is 0 Å². The molecule has 1 saturated carbocycles. The second kappa shape index (κ2) is 2.97. The Morgan fingerprint density at radius 1 is 1.43 bits per heavy atom. The van der Waals surface area contributed by atoms with E-state index >= 15 is 0 Å². The van der Waals surface area contributed by atoms with Crippen molar-refractivity contribution in [3.8, 4) is 0 Å². The molecule has 1 heterocycles. The Morgan fingerprint density at radius 3 is 2.57 bits per heavy atom. The first kappa shape index (κ1) is 9.49. The molecule has 2 aliphatic rings. The van der Waals surface area contributed by atoms with E-state index in [4.69, 9.17) is 0 Å². The maximum Gasteiger partial charge on any atom is 0.322 e. The van der Waals surface area contributed by atoms with Gasteiger partial charge in [-0.1, -0.05) is 13.8 Å². The molecular formula is C10H16N2O2. The zero-order valence-electron chi connectivity index (χ0n) is 8.59. The van der Waals surface area contributed by atoms with Crippen LogP contribution in [0, 0.1) is 11.8 Å². The summed E-state index contributed by atoms with van der Waals surface area (Å²) in [6.07, 6.45) is 2.61. The lowest BCUT2D eigenvalue weighted by molar-refractivity contribution is -0.123. The van der Waals surface area contributed by atoms with Crippen LogP contribution in [0.1, 0.15) is 33.1 Å². The number of carbonyl (C=O) groups is 2. The number of nitrogens with one attached hydrogen (secondary N) is 2. The van der Waals surface area contributed by atoms with Crippen molar-refractivity contribution >= 4 is 11.9 Å². The highest BCUT2D eigenvalue weighted by Gasteiger charge is 2.51. The molecule has 1 aliphatic heterocycles. The number of imide groups is 1. The molecule has 1 spiro atoms. The minimum Gasteiger partial charge on any atom is -0.323 e. The molecule has 3 amide bonds. The average molecular weight is 196 g/mol. The van der Waals surface area contributed by atoms with Gasteiger partial charge in [0, 0.05) is 0 Å². The monoisotopic (exact) mass is 196 g/mol. The Kier molecular flexibility index (Phi) is 2.01. The van der Waals surface area contributed by atoms with Crippen LogP contribution in [0.15, 0.2) is 0 Å². The Balaban J connectivity index is 2.13. The van der Waals surface area contributed by atoms with Crippen LogP contribution in [-0.4, -0.2) is 17.5 Å². The van der Waals surface area contributed by atoms with E-state index in [0.717, 1.165) is 19.3 Å². The van der Waals surface area contributed by atoms with Gasteiger partial charge < -0.3 is 5.32 Å². The predicted molar refractivity (Wildman–Crippen MR) is 51.6 cm³/mol. The number of urea groups is 1. The molecule has 14 heavy (non-hydrogen) atoms. The lowest BCUT2D eigenvalue weighted by Gasteiger charge is -2.20. The molecule has 2 rings (SSSR count). The van der Waals surface area contributed by atoms with E-state index < -0.39 is 5.54 Å². The van der Waals surface area contributed by atoms with Gasteiger partial charge in [-0.3, -0.25) is 10.1 Å². The standard InChI is InChI=1S/C10H16N2O2/c1-6(2)7-3-4-10(5-7)8(13)11-9(14)12-10/h6-7H,3-5H2,1-2H3,(H2,11,12,13,14)/t7-,10+/m1/s1. The predicted octanol–water partition coefficient (Wildman–Crippen LogP) is 1.02. The summed E-state index contributed by atoms with van der Waals surface area (Å²) in [6, 6.07) is -0.334. The van der Waals surface area contributed by atoms with E-state index in [9.17, 15) is 9.59 Å². The number of hydrogen-bond acceptors (Lipinski definition) is 2. The smallest absolute Gasteiger partial charge is 0.322 e. The van der Waals surface area contributed by atoms with Crippen molar-refractivity contribution in [2.75, 3.05) is 0 Å². The summed E-state index contributed by atoms with van der Waals surface area (Å²) in [5.74, 6) is 1.00. The molecule has 0 aromatic heterocycles. The minimum absolute atomic E-state index is 0.134. The summed E-state index contributed by atoms with van der Waals surface area (Å²) in [7, 11) is 0. The largest absolute Gasteiger partial charge is 0.323 e. The van der Waals surface area contributed by atoms with Crippen molar-refractivity contribution in [3.05, 3.63) is 0 Å². The summed E-state index contributed by atoms with van der Waals surface area (Å²) < 4.78 is 0. The highest BCUT2D eigenvalue weighted by Crippen LogP contribution is 2.39. The lowest BCUT2D eigenvalue weighted by Crippen LogP contribution is -2.44. The molecule has 0 bridgehead atoms. The number of amides is 3. The number of carbonyl (C=O) groups excluding carboxylic acids is 2. The van der Waals surface area contributed by atoms with Crippen LogP contribution in [0.25, 0.3) is 0 Å². The van der Waals surface area contributed by atoms with Crippen LogP contribution in [-0.2, 0) is 4.79 Å². The first-order valence-electron chi connectivity index (χ1n) is 5.17. The minimum atomic E-state index is -0.577. The summed E-state index contributed by atoms with van der Waals surface area (Å²) in [5.41, 5.74) is -0.577. The van der Waals surface area contributed by atoms with Gasteiger partial charge in [0.05, 0.1) is 0 Å². The van der Waals surface area contributed by atoms with Gasteiger partial charge in [0.2, 0.25) is 0 Å². The Labute approximate surface area is 83.4 Å². The zero-order valence-corrected chi connectivity index (χ0v) is 8.59. The molecule has 2 fully saturated rings. The molecular weight excluding hydrogens is 180 g/mol. The number of hydrogen-bond donors (Lipinski definition) is 2.